The Labute approximate surface area is 187 Å². The summed E-state index contributed by atoms with van der Waals surface area (Å²) >= 11 is 0. The molecule has 0 spiro atoms. The van der Waals surface area contributed by atoms with Crippen molar-refractivity contribution in [3.63, 3.8) is 0 Å². The molecule has 2 aromatic rings. The van der Waals surface area contributed by atoms with Crippen LogP contribution in [-0.2, 0) is 19.4 Å². The number of rotatable bonds is 5. The third-order valence-electron chi connectivity index (χ3n) is 6.17. The van der Waals surface area contributed by atoms with E-state index in [4.69, 9.17) is 0 Å². The SMILES string of the molecule is O=C(Nc1ccc(S(=O)(=O)c2ccccc2)cc1)C1=C(O)CC(C2CCCCC2)NC1=O. The molecule has 32 heavy (non-hydrogen) atoms. The molecule has 0 radical (unpaired) electrons. The van der Waals surface area contributed by atoms with Gasteiger partial charge in [-0.1, -0.05) is 37.5 Å². The summed E-state index contributed by atoms with van der Waals surface area (Å²) in [7, 11) is -3.67. The summed E-state index contributed by atoms with van der Waals surface area (Å²) in [5.41, 5.74) is 0.0301. The van der Waals surface area contributed by atoms with Gasteiger partial charge >= 0.3 is 0 Å². The van der Waals surface area contributed by atoms with Gasteiger partial charge < -0.3 is 15.7 Å². The second-order valence-corrected chi connectivity index (χ2v) is 10.2. The molecular weight excluding hydrogens is 428 g/mol. The second kappa shape index (κ2) is 9.16. The number of anilines is 1. The normalized spacial score (nSPS) is 20.0. The largest absolute Gasteiger partial charge is 0.511 e. The lowest BCUT2D eigenvalue weighted by atomic mass is 9.81. The number of sulfone groups is 1. The number of hydrogen-bond donors (Lipinski definition) is 3. The molecule has 1 unspecified atom stereocenters. The minimum atomic E-state index is -3.67. The maximum absolute atomic E-state index is 12.7. The molecule has 7 nitrogen and oxygen atoms in total. The maximum Gasteiger partial charge on any atom is 0.264 e. The zero-order valence-corrected chi connectivity index (χ0v) is 18.4. The average molecular weight is 455 g/mol. The van der Waals surface area contributed by atoms with Crippen LogP contribution in [0.1, 0.15) is 38.5 Å². The molecule has 2 aliphatic rings. The highest BCUT2D eigenvalue weighted by molar-refractivity contribution is 7.91. The Bertz CT molecular complexity index is 1130. The summed E-state index contributed by atoms with van der Waals surface area (Å²) < 4.78 is 25.4. The quantitative estimate of drug-likeness (QED) is 0.596. The van der Waals surface area contributed by atoms with E-state index in [2.05, 4.69) is 10.6 Å². The van der Waals surface area contributed by atoms with Crippen LogP contribution in [0.2, 0.25) is 0 Å². The van der Waals surface area contributed by atoms with E-state index in [1.807, 2.05) is 0 Å². The van der Waals surface area contributed by atoms with Crippen molar-refractivity contribution < 1.29 is 23.1 Å². The zero-order valence-electron chi connectivity index (χ0n) is 17.6. The first-order valence-corrected chi connectivity index (χ1v) is 12.3. The van der Waals surface area contributed by atoms with Crippen molar-refractivity contribution in [1.29, 1.82) is 0 Å². The van der Waals surface area contributed by atoms with E-state index in [-0.39, 0.29) is 33.6 Å². The molecule has 1 fully saturated rings. The van der Waals surface area contributed by atoms with Gasteiger partial charge in [0.2, 0.25) is 9.84 Å². The lowest BCUT2D eigenvalue weighted by Crippen LogP contribution is -2.47. The number of amides is 2. The van der Waals surface area contributed by atoms with E-state index in [9.17, 15) is 23.1 Å². The molecule has 1 aliphatic heterocycles. The molecule has 1 saturated carbocycles. The summed E-state index contributed by atoms with van der Waals surface area (Å²) in [6.45, 7) is 0. The van der Waals surface area contributed by atoms with E-state index < -0.39 is 21.7 Å². The topological polar surface area (TPSA) is 113 Å². The summed E-state index contributed by atoms with van der Waals surface area (Å²) in [5, 5.41) is 15.9. The number of nitrogens with one attached hydrogen (secondary N) is 2. The third-order valence-corrected chi connectivity index (χ3v) is 7.95. The van der Waals surface area contributed by atoms with E-state index in [0.29, 0.717) is 11.6 Å². The molecule has 1 atom stereocenters. The predicted molar refractivity (Wildman–Crippen MR) is 120 cm³/mol. The first kappa shape index (κ1) is 22.1. The molecule has 0 saturated heterocycles. The van der Waals surface area contributed by atoms with Crippen LogP contribution in [0.4, 0.5) is 5.69 Å². The summed E-state index contributed by atoms with van der Waals surface area (Å²) in [4.78, 5) is 25.5. The maximum atomic E-state index is 12.7. The van der Waals surface area contributed by atoms with E-state index in [0.717, 1.165) is 25.7 Å². The Balaban J connectivity index is 1.46. The van der Waals surface area contributed by atoms with Gasteiger partial charge in [-0.3, -0.25) is 9.59 Å². The average Bonchev–Trinajstić information content (AvgIpc) is 2.80. The lowest BCUT2D eigenvalue weighted by Gasteiger charge is -2.33. The van der Waals surface area contributed by atoms with Gasteiger partial charge in [-0.15, -0.1) is 0 Å². The fourth-order valence-corrected chi connectivity index (χ4v) is 5.72. The van der Waals surface area contributed by atoms with Gasteiger partial charge in [0, 0.05) is 18.2 Å². The second-order valence-electron chi connectivity index (χ2n) is 8.30. The smallest absolute Gasteiger partial charge is 0.264 e. The van der Waals surface area contributed by atoms with Crippen molar-refractivity contribution in [1.82, 2.24) is 5.32 Å². The Morgan fingerprint density at radius 2 is 1.56 bits per heavy atom. The van der Waals surface area contributed by atoms with Crippen molar-refractivity contribution in [3.8, 4) is 0 Å². The van der Waals surface area contributed by atoms with Gasteiger partial charge in [-0.2, -0.15) is 0 Å². The first-order valence-electron chi connectivity index (χ1n) is 10.8. The Hall–Kier alpha value is -3.13. The van der Waals surface area contributed by atoms with Crippen molar-refractivity contribution in [2.45, 2.75) is 54.4 Å². The van der Waals surface area contributed by atoms with Crippen molar-refractivity contribution >= 4 is 27.3 Å². The lowest BCUT2D eigenvalue weighted by molar-refractivity contribution is -0.123. The molecule has 4 rings (SSSR count). The van der Waals surface area contributed by atoms with Gasteiger partial charge in [0.15, 0.2) is 0 Å². The third kappa shape index (κ3) is 4.55. The van der Waals surface area contributed by atoms with Gasteiger partial charge in [-0.25, -0.2) is 8.42 Å². The van der Waals surface area contributed by atoms with Crippen LogP contribution in [0.25, 0.3) is 0 Å². The molecule has 3 N–H and O–H groups in total. The van der Waals surface area contributed by atoms with Crippen LogP contribution in [-0.4, -0.2) is 31.4 Å². The summed E-state index contributed by atoms with van der Waals surface area (Å²) in [5.74, 6) is -1.19. The van der Waals surface area contributed by atoms with E-state index in [1.54, 1.807) is 18.2 Å². The van der Waals surface area contributed by atoms with Gasteiger partial charge in [0.05, 0.1) is 9.79 Å². The number of aliphatic hydroxyl groups excluding tert-OH is 1. The number of aliphatic hydroxyl groups is 1. The highest BCUT2D eigenvalue weighted by atomic mass is 32.2. The molecule has 1 heterocycles. The van der Waals surface area contributed by atoms with Crippen molar-refractivity contribution in [3.05, 3.63) is 65.9 Å². The van der Waals surface area contributed by atoms with Crippen LogP contribution in [0.3, 0.4) is 0 Å². The van der Waals surface area contributed by atoms with Crippen LogP contribution < -0.4 is 10.6 Å². The molecule has 2 aromatic carbocycles. The number of benzene rings is 2. The Morgan fingerprint density at radius 1 is 0.938 bits per heavy atom. The van der Waals surface area contributed by atoms with Gasteiger partial charge in [0.25, 0.3) is 11.8 Å². The molecule has 8 heteroatoms. The van der Waals surface area contributed by atoms with Gasteiger partial charge in [0.1, 0.15) is 11.3 Å². The molecule has 0 aromatic heterocycles. The molecule has 0 bridgehead atoms. The molecule has 2 amide bonds. The molecule has 168 valence electrons. The fraction of sp³-hybridized carbons (Fsp3) is 0.333. The minimum absolute atomic E-state index is 0.0921. The van der Waals surface area contributed by atoms with Crippen molar-refractivity contribution in [2.24, 2.45) is 5.92 Å². The monoisotopic (exact) mass is 454 g/mol. The zero-order chi connectivity index (χ0) is 22.7. The number of carbonyl (C=O) groups excluding carboxylic acids is 2. The van der Waals surface area contributed by atoms with Gasteiger partial charge in [-0.05, 0) is 55.2 Å². The van der Waals surface area contributed by atoms with Crippen molar-refractivity contribution in [2.75, 3.05) is 5.32 Å². The highest BCUT2D eigenvalue weighted by Gasteiger charge is 2.35. The van der Waals surface area contributed by atoms with Crippen LogP contribution in [0.5, 0.6) is 0 Å². The first-order chi connectivity index (χ1) is 15.4. The fourth-order valence-electron chi connectivity index (χ4n) is 4.43. The van der Waals surface area contributed by atoms with Crippen LogP contribution in [0, 0.1) is 5.92 Å². The summed E-state index contributed by atoms with van der Waals surface area (Å²) in [6, 6.07) is 13.6. The molecule has 1 aliphatic carbocycles. The standard InChI is InChI=1S/C24H26N2O5S/c27-21-15-20(16-7-3-1-4-8-16)26-24(29)22(21)23(28)25-17-11-13-19(14-12-17)32(30,31)18-9-5-2-6-10-18/h2,5-6,9-14,16,20,27H,1,3-4,7-8,15H2,(H,25,28)(H,26,29). The van der Waals surface area contributed by atoms with Crippen LogP contribution in [0.15, 0.2) is 75.7 Å². The number of hydrogen-bond acceptors (Lipinski definition) is 5. The van der Waals surface area contributed by atoms with E-state index >= 15 is 0 Å². The minimum Gasteiger partial charge on any atom is -0.511 e. The Morgan fingerprint density at radius 3 is 2.19 bits per heavy atom. The van der Waals surface area contributed by atoms with Crippen LogP contribution >= 0.6 is 0 Å². The Kier molecular flexibility index (Phi) is 6.32. The highest BCUT2D eigenvalue weighted by Crippen LogP contribution is 2.31. The van der Waals surface area contributed by atoms with E-state index in [1.165, 1.54) is 42.8 Å². The molecular formula is C24H26N2O5S. The summed E-state index contributed by atoms with van der Waals surface area (Å²) in [6.07, 6.45) is 5.69. The predicted octanol–water partition coefficient (Wildman–Crippen LogP) is 3.74. The number of carbonyl (C=O) groups is 2.